The fraction of sp³-hybridized carbons (Fsp3) is 0.0370. The number of allylic oxidation sites excluding steroid dienone is 1. The van der Waals surface area contributed by atoms with Gasteiger partial charge in [-0.1, -0.05) is 109 Å². The molecule has 0 spiro atoms. The molecule has 0 aliphatic carbocycles. The van der Waals surface area contributed by atoms with Gasteiger partial charge in [-0.05, 0) is 28.8 Å². The molecule has 140 valence electrons. The standard InChI is InChI=1S/C27H21NO/c1-4-13-22(14-5-1)27(23-15-6-2-7-16-23,24-17-8-3-9-18-24)26-20-21-12-10-11-19-25(21)29-28-26/h1-20,28H. The monoisotopic (exact) mass is 375 g/mol. The predicted octanol–water partition coefficient (Wildman–Crippen LogP) is 5.96. The molecule has 0 saturated heterocycles. The topological polar surface area (TPSA) is 21.3 Å². The zero-order chi connectivity index (χ0) is 19.5. The molecule has 5 rings (SSSR count). The van der Waals surface area contributed by atoms with Crippen LogP contribution < -0.4 is 10.3 Å². The quantitative estimate of drug-likeness (QED) is 0.444. The molecule has 0 bridgehead atoms. The van der Waals surface area contributed by atoms with Crippen molar-refractivity contribution in [1.29, 1.82) is 0 Å². The van der Waals surface area contributed by atoms with Gasteiger partial charge in [-0.15, -0.1) is 0 Å². The Balaban J connectivity index is 1.86. The van der Waals surface area contributed by atoms with Crippen LogP contribution in [-0.2, 0) is 5.41 Å². The van der Waals surface area contributed by atoms with Crippen molar-refractivity contribution in [2.45, 2.75) is 5.41 Å². The molecule has 29 heavy (non-hydrogen) atoms. The van der Waals surface area contributed by atoms with Gasteiger partial charge in [-0.2, -0.15) is 0 Å². The van der Waals surface area contributed by atoms with Crippen LogP contribution in [-0.4, -0.2) is 0 Å². The van der Waals surface area contributed by atoms with Crippen LogP contribution in [0.1, 0.15) is 22.3 Å². The fourth-order valence-corrected chi connectivity index (χ4v) is 4.20. The molecule has 1 N–H and O–H groups in total. The Kier molecular flexibility index (Phi) is 4.38. The average Bonchev–Trinajstić information content (AvgIpc) is 2.82. The first kappa shape index (κ1) is 17.3. The third-order valence-electron chi connectivity index (χ3n) is 5.51. The largest absolute Gasteiger partial charge is 0.382 e. The first-order valence-electron chi connectivity index (χ1n) is 9.79. The Morgan fingerprint density at radius 1 is 0.517 bits per heavy atom. The smallest absolute Gasteiger partial charge is 0.162 e. The van der Waals surface area contributed by atoms with Crippen LogP contribution >= 0.6 is 0 Å². The third kappa shape index (κ3) is 2.90. The maximum atomic E-state index is 5.99. The van der Waals surface area contributed by atoms with Crippen LogP contribution in [0, 0.1) is 0 Å². The Bertz CT molecular complexity index is 1040. The van der Waals surface area contributed by atoms with Gasteiger partial charge in [0.05, 0.1) is 11.1 Å². The number of rotatable bonds is 4. The van der Waals surface area contributed by atoms with Gasteiger partial charge in [0.2, 0.25) is 0 Å². The number of benzene rings is 4. The van der Waals surface area contributed by atoms with E-state index in [9.17, 15) is 0 Å². The lowest BCUT2D eigenvalue weighted by atomic mass is 9.67. The van der Waals surface area contributed by atoms with Gasteiger partial charge in [-0.25, -0.2) is 5.48 Å². The van der Waals surface area contributed by atoms with E-state index >= 15 is 0 Å². The molecule has 1 aliphatic rings. The van der Waals surface area contributed by atoms with Gasteiger partial charge in [0, 0.05) is 5.56 Å². The first-order chi connectivity index (χ1) is 14.4. The number of hydrogen-bond donors (Lipinski definition) is 1. The highest BCUT2D eigenvalue weighted by molar-refractivity contribution is 5.69. The zero-order valence-electron chi connectivity index (χ0n) is 16.0. The van der Waals surface area contributed by atoms with E-state index in [0.29, 0.717) is 0 Å². The molecule has 0 aromatic heterocycles. The van der Waals surface area contributed by atoms with Crippen LogP contribution in [0.4, 0.5) is 0 Å². The minimum Gasteiger partial charge on any atom is -0.382 e. The van der Waals surface area contributed by atoms with E-state index in [-0.39, 0.29) is 0 Å². The van der Waals surface area contributed by atoms with E-state index in [1.807, 2.05) is 18.2 Å². The normalized spacial score (nSPS) is 12.9. The van der Waals surface area contributed by atoms with Crippen molar-refractivity contribution in [1.82, 2.24) is 5.48 Å². The predicted molar refractivity (Wildman–Crippen MR) is 117 cm³/mol. The maximum absolute atomic E-state index is 5.99. The summed E-state index contributed by atoms with van der Waals surface area (Å²) in [5.74, 6) is 0.833. The molecule has 0 radical (unpaired) electrons. The number of hydrogen-bond acceptors (Lipinski definition) is 2. The molecular formula is C27H21NO. The van der Waals surface area contributed by atoms with Crippen LogP contribution in [0.25, 0.3) is 6.08 Å². The van der Waals surface area contributed by atoms with E-state index in [4.69, 9.17) is 4.84 Å². The summed E-state index contributed by atoms with van der Waals surface area (Å²) in [6.07, 6.45) is 2.20. The van der Waals surface area contributed by atoms with Crippen LogP contribution in [0.2, 0.25) is 0 Å². The van der Waals surface area contributed by atoms with Crippen molar-refractivity contribution in [3.8, 4) is 5.75 Å². The SMILES string of the molecule is C1=C(C(c2ccccc2)(c2ccccc2)c2ccccc2)NOc2ccccc21. The van der Waals surface area contributed by atoms with Crippen molar-refractivity contribution in [2.24, 2.45) is 0 Å². The van der Waals surface area contributed by atoms with Gasteiger partial charge < -0.3 is 4.84 Å². The number of para-hydroxylation sites is 1. The first-order valence-corrected chi connectivity index (χ1v) is 9.79. The van der Waals surface area contributed by atoms with Gasteiger partial charge in [0.15, 0.2) is 5.75 Å². The molecule has 4 aromatic rings. The van der Waals surface area contributed by atoms with Crippen molar-refractivity contribution < 1.29 is 4.84 Å². The zero-order valence-corrected chi connectivity index (χ0v) is 16.0. The van der Waals surface area contributed by atoms with Gasteiger partial charge in [-0.3, -0.25) is 0 Å². The second kappa shape index (κ2) is 7.33. The summed E-state index contributed by atoms with van der Waals surface area (Å²) >= 11 is 0. The van der Waals surface area contributed by atoms with Crippen molar-refractivity contribution in [2.75, 3.05) is 0 Å². The van der Waals surface area contributed by atoms with Crippen molar-refractivity contribution in [3.63, 3.8) is 0 Å². The Morgan fingerprint density at radius 3 is 1.48 bits per heavy atom. The van der Waals surface area contributed by atoms with Crippen molar-refractivity contribution >= 4 is 6.08 Å². The Labute approximate surface area is 171 Å². The van der Waals surface area contributed by atoms with Crippen LogP contribution in [0.15, 0.2) is 121 Å². The van der Waals surface area contributed by atoms with Crippen molar-refractivity contribution in [3.05, 3.63) is 143 Å². The number of fused-ring (bicyclic) bond motifs is 1. The summed E-state index contributed by atoms with van der Waals surface area (Å²) in [5.41, 5.74) is 8.33. The van der Waals surface area contributed by atoms with E-state index < -0.39 is 5.41 Å². The highest BCUT2D eigenvalue weighted by Crippen LogP contribution is 2.46. The van der Waals surface area contributed by atoms with Gasteiger partial charge >= 0.3 is 0 Å². The summed E-state index contributed by atoms with van der Waals surface area (Å²) in [7, 11) is 0. The average molecular weight is 375 g/mol. The lowest BCUT2D eigenvalue weighted by molar-refractivity contribution is 0.212. The molecule has 2 heteroatoms. The molecule has 0 fully saturated rings. The molecule has 1 heterocycles. The molecule has 0 atom stereocenters. The molecule has 2 nitrogen and oxygen atoms in total. The molecule has 0 amide bonds. The van der Waals surface area contributed by atoms with Crippen LogP contribution in [0.5, 0.6) is 5.75 Å². The lowest BCUT2D eigenvalue weighted by Gasteiger charge is -2.39. The number of hydroxylamine groups is 1. The minimum absolute atomic E-state index is 0.530. The summed E-state index contributed by atoms with van der Waals surface area (Å²) in [6.45, 7) is 0. The molecule has 1 aliphatic heterocycles. The second-order valence-corrected chi connectivity index (χ2v) is 7.15. The third-order valence-corrected chi connectivity index (χ3v) is 5.51. The van der Waals surface area contributed by atoms with Crippen LogP contribution in [0.3, 0.4) is 0 Å². The van der Waals surface area contributed by atoms with E-state index in [2.05, 4.69) is 109 Å². The summed E-state index contributed by atoms with van der Waals surface area (Å²) in [5, 5.41) is 0. The maximum Gasteiger partial charge on any atom is 0.162 e. The Hall–Kier alpha value is -3.78. The van der Waals surface area contributed by atoms with Gasteiger partial charge in [0.25, 0.3) is 0 Å². The van der Waals surface area contributed by atoms with Gasteiger partial charge in [0.1, 0.15) is 0 Å². The highest BCUT2D eigenvalue weighted by atomic mass is 16.6. The Morgan fingerprint density at radius 2 is 0.966 bits per heavy atom. The van der Waals surface area contributed by atoms with E-state index in [0.717, 1.165) is 17.0 Å². The summed E-state index contributed by atoms with van der Waals surface area (Å²) < 4.78 is 0. The highest BCUT2D eigenvalue weighted by Gasteiger charge is 2.41. The lowest BCUT2D eigenvalue weighted by Crippen LogP contribution is -2.40. The van der Waals surface area contributed by atoms with E-state index in [1.54, 1.807) is 0 Å². The second-order valence-electron chi connectivity index (χ2n) is 7.15. The molecule has 0 saturated carbocycles. The molecule has 4 aromatic carbocycles. The molecular weight excluding hydrogens is 354 g/mol. The summed E-state index contributed by atoms with van der Waals surface area (Å²) in [6, 6.07) is 39.9. The van der Waals surface area contributed by atoms with E-state index in [1.165, 1.54) is 16.7 Å². The fourth-order valence-electron chi connectivity index (χ4n) is 4.20. The molecule has 0 unspecified atom stereocenters. The summed E-state index contributed by atoms with van der Waals surface area (Å²) in [4.78, 5) is 5.99. The minimum atomic E-state index is -0.530. The number of nitrogens with one attached hydrogen (secondary N) is 1.